The van der Waals surface area contributed by atoms with Gasteiger partial charge in [-0.05, 0) is 66.2 Å². The first-order valence-corrected chi connectivity index (χ1v) is 11.7. The highest BCUT2D eigenvalue weighted by molar-refractivity contribution is 8.18. The lowest BCUT2D eigenvalue weighted by molar-refractivity contribution is -0.115. The molecule has 1 fully saturated rings. The topological polar surface area (TPSA) is 97.2 Å². The van der Waals surface area contributed by atoms with E-state index in [4.69, 9.17) is 26.2 Å². The second kappa shape index (κ2) is 10.7. The third-order valence-corrected chi connectivity index (χ3v) is 6.53. The molecule has 0 bridgehead atoms. The average Bonchev–Trinajstić information content (AvgIpc) is 3.19. The molecule has 9 heteroatoms. The van der Waals surface area contributed by atoms with E-state index in [1.807, 2.05) is 31.2 Å². The van der Waals surface area contributed by atoms with E-state index in [1.54, 1.807) is 30.3 Å². The number of rotatable bonds is 7. The van der Waals surface area contributed by atoms with Crippen molar-refractivity contribution in [3.8, 4) is 11.5 Å². The van der Waals surface area contributed by atoms with E-state index in [0.717, 1.165) is 11.1 Å². The van der Waals surface area contributed by atoms with Crippen molar-refractivity contribution in [1.29, 1.82) is 0 Å². The van der Waals surface area contributed by atoms with Gasteiger partial charge in [0.1, 0.15) is 6.61 Å². The van der Waals surface area contributed by atoms with Crippen LogP contribution in [0.1, 0.15) is 27.0 Å². The highest BCUT2D eigenvalue weighted by Gasteiger charge is 2.25. The highest BCUT2D eigenvalue weighted by atomic mass is 35.5. The van der Waals surface area contributed by atoms with Crippen molar-refractivity contribution in [2.75, 3.05) is 7.11 Å². The number of carboxylic acid groups (broad SMARTS) is 1. The monoisotopic (exact) mass is 508 g/mol. The summed E-state index contributed by atoms with van der Waals surface area (Å²) >= 11 is 7.40. The van der Waals surface area contributed by atoms with Crippen LogP contribution in [0.15, 0.2) is 70.6 Å². The van der Waals surface area contributed by atoms with Crippen LogP contribution in [0.4, 0.5) is 5.69 Å². The Morgan fingerprint density at radius 1 is 1.14 bits per heavy atom. The lowest BCUT2D eigenvalue weighted by Crippen LogP contribution is -2.19. The third-order valence-electron chi connectivity index (χ3n) is 5.21. The Balaban J connectivity index is 1.58. The van der Waals surface area contributed by atoms with Crippen LogP contribution in [-0.4, -0.2) is 29.3 Å². The molecular weight excluding hydrogens is 488 g/mol. The predicted molar refractivity (Wildman–Crippen MR) is 138 cm³/mol. The van der Waals surface area contributed by atoms with Crippen molar-refractivity contribution in [1.82, 2.24) is 5.32 Å². The zero-order valence-electron chi connectivity index (χ0n) is 18.9. The SMILES string of the molecule is COc1cccc(/C=C2\SC(=Nc3cccc(Cl)c3C)NC2=O)c1OCc1ccc(C(=O)O)cc1. The van der Waals surface area contributed by atoms with Crippen molar-refractivity contribution in [2.24, 2.45) is 4.99 Å². The summed E-state index contributed by atoms with van der Waals surface area (Å²) < 4.78 is 11.5. The molecule has 0 spiro atoms. The molecule has 1 aliphatic heterocycles. The average molecular weight is 509 g/mol. The normalized spacial score (nSPS) is 15.3. The molecule has 0 unspecified atom stereocenters. The maximum absolute atomic E-state index is 12.6. The summed E-state index contributed by atoms with van der Waals surface area (Å²) in [5, 5.41) is 12.9. The fourth-order valence-corrected chi connectivity index (χ4v) is 4.30. The summed E-state index contributed by atoms with van der Waals surface area (Å²) in [5.41, 5.74) is 3.16. The molecule has 1 amide bonds. The number of ether oxygens (including phenoxy) is 2. The number of aliphatic imine (C=N–C) groups is 1. The molecule has 0 radical (unpaired) electrons. The van der Waals surface area contributed by atoms with E-state index in [9.17, 15) is 9.59 Å². The summed E-state index contributed by atoms with van der Waals surface area (Å²) in [6.07, 6.45) is 1.72. The number of hydrogen-bond acceptors (Lipinski definition) is 6. The van der Waals surface area contributed by atoms with Crippen molar-refractivity contribution >= 4 is 52.2 Å². The molecule has 2 N–H and O–H groups in total. The van der Waals surface area contributed by atoms with Gasteiger partial charge in [-0.1, -0.05) is 41.9 Å². The fraction of sp³-hybridized carbons (Fsp3) is 0.115. The largest absolute Gasteiger partial charge is 0.493 e. The number of carbonyl (C=O) groups is 2. The van der Waals surface area contributed by atoms with Crippen LogP contribution in [0.3, 0.4) is 0 Å². The third kappa shape index (κ3) is 5.67. The van der Waals surface area contributed by atoms with Crippen molar-refractivity contribution < 1.29 is 24.2 Å². The van der Waals surface area contributed by atoms with Gasteiger partial charge in [0.15, 0.2) is 16.7 Å². The van der Waals surface area contributed by atoms with Crippen molar-refractivity contribution in [3.63, 3.8) is 0 Å². The van der Waals surface area contributed by atoms with E-state index >= 15 is 0 Å². The first-order valence-electron chi connectivity index (χ1n) is 10.5. The summed E-state index contributed by atoms with van der Waals surface area (Å²) in [6, 6.07) is 17.3. The minimum Gasteiger partial charge on any atom is -0.493 e. The summed E-state index contributed by atoms with van der Waals surface area (Å²) in [4.78, 5) is 28.7. The number of carbonyl (C=O) groups excluding carboxylic acids is 1. The van der Waals surface area contributed by atoms with Gasteiger partial charge in [0, 0.05) is 10.6 Å². The molecule has 3 aromatic rings. The fourth-order valence-electron chi connectivity index (χ4n) is 3.31. The van der Waals surface area contributed by atoms with Gasteiger partial charge in [0.2, 0.25) is 0 Å². The molecule has 35 heavy (non-hydrogen) atoms. The number of aromatic carboxylic acids is 1. The first kappa shape index (κ1) is 24.4. The number of methoxy groups -OCH3 is 1. The molecule has 3 aromatic carbocycles. The Kier molecular flexibility index (Phi) is 7.43. The molecule has 178 valence electrons. The van der Waals surface area contributed by atoms with Crippen LogP contribution < -0.4 is 14.8 Å². The molecule has 0 atom stereocenters. The second-order valence-electron chi connectivity index (χ2n) is 7.54. The summed E-state index contributed by atoms with van der Waals surface area (Å²) in [6.45, 7) is 2.06. The minimum absolute atomic E-state index is 0.191. The maximum atomic E-state index is 12.6. The lowest BCUT2D eigenvalue weighted by Gasteiger charge is -2.14. The molecule has 1 heterocycles. The van der Waals surface area contributed by atoms with Gasteiger partial charge in [-0.15, -0.1) is 0 Å². The van der Waals surface area contributed by atoms with Crippen LogP contribution in [0, 0.1) is 6.92 Å². The van der Waals surface area contributed by atoms with E-state index in [2.05, 4.69) is 10.3 Å². The molecule has 0 aliphatic carbocycles. The molecular formula is C26H21ClN2O5S. The zero-order valence-corrected chi connectivity index (χ0v) is 20.4. The molecule has 1 saturated heterocycles. The van der Waals surface area contributed by atoms with E-state index in [1.165, 1.54) is 31.0 Å². The summed E-state index contributed by atoms with van der Waals surface area (Å²) in [5.74, 6) is -0.286. The Morgan fingerprint density at radius 2 is 1.89 bits per heavy atom. The smallest absolute Gasteiger partial charge is 0.335 e. The van der Waals surface area contributed by atoms with Gasteiger partial charge in [0.25, 0.3) is 5.91 Å². The molecule has 4 rings (SSSR count). The van der Waals surface area contributed by atoms with E-state index in [-0.39, 0.29) is 18.1 Å². The van der Waals surface area contributed by atoms with Gasteiger partial charge in [-0.3, -0.25) is 4.79 Å². The van der Waals surface area contributed by atoms with Gasteiger partial charge in [0.05, 0.1) is 23.3 Å². The standard InChI is InChI=1S/C26H21ClN2O5S/c1-15-19(27)6-4-7-20(15)28-26-29-24(30)22(35-26)13-18-5-3-8-21(33-2)23(18)34-14-16-9-11-17(12-10-16)25(31)32/h3-13H,14H2,1-2H3,(H,31,32)(H,28,29,30)/b22-13-. The number of carboxylic acids is 1. The van der Waals surface area contributed by atoms with Gasteiger partial charge >= 0.3 is 5.97 Å². The Bertz CT molecular complexity index is 1350. The first-order chi connectivity index (χ1) is 16.9. The predicted octanol–water partition coefficient (Wildman–Crippen LogP) is 5.83. The van der Waals surface area contributed by atoms with Gasteiger partial charge < -0.3 is 19.9 Å². The van der Waals surface area contributed by atoms with Crippen molar-refractivity contribution in [3.05, 3.63) is 92.8 Å². The number of thioether (sulfide) groups is 1. The Labute approximate surface area is 211 Å². The van der Waals surface area contributed by atoms with E-state index in [0.29, 0.717) is 37.8 Å². The van der Waals surface area contributed by atoms with E-state index < -0.39 is 5.97 Å². The number of para-hydroxylation sites is 1. The second-order valence-corrected chi connectivity index (χ2v) is 8.97. The summed E-state index contributed by atoms with van der Waals surface area (Å²) in [7, 11) is 1.54. The number of nitrogens with one attached hydrogen (secondary N) is 1. The molecule has 1 aliphatic rings. The van der Waals surface area contributed by atoms with Gasteiger partial charge in [-0.25, -0.2) is 9.79 Å². The number of hydrogen-bond donors (Lipinski definition) is 2. The highest BCUT2D eigenvalue weighted by Crippen LogP contribution is 2.36. The van der Waals surface area contributed by atoms with Crippen LogP contribution in [-0.2, 0) is 11.4 Å². The van der Waals surface area contributed by atoms with Crippen LogP contribution >= 0.6 is 23.4 Å². The molecule has 7 nitrogen and oxygen atoms in total. The van der Waals surface area contributed by atoms with Crippen LogP contribution in [0.2, 0.25) is 5.02 Å². The van der Waals surface area contributed by atoms with Gasteiger partial charge in [-0.2, -0.15) is 0 Å². The van der Waals surface area contributed by atoms with Crippen LogP contribution in [0.5, 0.6) is 11.5 Å². The number of amidine groups is 1. The minimum atomic E-state index is -0.989. The number of halogens is 1. The number of benzene rings is 3. The Hall–Kier alpha value is -3.75. The lowest BCUT2D eigenvalue weighted by atomic mass is 10.1. The molecule has 0 saturated carbocycles. The van der Waals surface area contributed by atoms with Crippen LogP contribution in [0.25, 0.3) is 6.08 Å². The Morgan fingerprint density at radius 3 is 2.60 bits per heavy atom. The quantitative estimate of drug-likeness (QED) is 0.390. The zero-order chi connectivity index (χ0) is 24.9. The maximum Gasteiger partial charge on any atom is 0.335 e. The molecule has 0 aromatic heterocycles. The number of amides is 1. The van der Waals surface area contributed by atoms with Crippen molar-refractivity contribution in [2.45, 2.75) is 13.5 Å². The number of nitrogens with zero attached hydrogens (tertiary/aromatic N) is 1.